The molecule has 0 aliphatic rings. The van der Waals surface area contributed by atoms with E-state index in [4.69, 9.17) is 4.55 Å². The van der Waals surface area contributed by atoms with Gasteiger partial charge in [-0.3, -0.25) is 0 Å². The second-order valence-corrected chi connectivity index (χ2v) is 3.80. The van der Waals surface area contributed by atoms with Crippen molar-refractivity contribution in [3.05, 3.63) is 29.8 Å². The highest BCUT2D eigenvalue weighted by molar-refractivity contribution is 7.79. The third-order valence-electron chi connectivity index (χ3n) is 1.81. The highest BCUT2D eigenvalue weighted by Crippen LogP contribution is 2.06. The summed E-state index contributed by atoms with van der Waals surface area (Å²) in [4.78, 5) is 11.2. The second-order valence-electron chi connectivity index (χ2n) is 2.83. The van der Waals surface area contributed by atoms with Crippen LogP contribution in [0.15, 0.2) is 29.2 Å². The van der Waals surface area contributed by atoms with Crippen molar-refractivity contribution in [3.8, 4) is 0 Å². The van der Waals surface area contributed by atoms with Gasteiger partial charge in [0.25, 0.3) is 0 Å². The normalized spacial score (nSPS) is 11.9. The average molecular weight is 228 g/mol. The van der Waals surface area contributed by atoms with E-state index in [0.29, 0.717) is 11.4 Å². The molecule has 0 fully saturated rings. The van der Waals surface area contributed by atoms with Gasteiger partial charge in [-0.15, -0.1) is 0 Å². The quantitative estimate of drug-likeness (QED) is 0.666. The van der Waals surface area contributed by atoms with Crippen LogP contribution in [-0.2, 0) is 17.6 Å². The molecule has 1 aromatic rings. The lowest BCUT2D eigenvalue weighted by atomic mass is 10.2. The average Bonchev–Trinajstić information content (AvgIpc) is 2.26. The molecule has 1 atom stereocenters. The van der Waals surface area contributed by atoms with Crippen LogP contribution in [0.3, 0.4) is 0 Å². The Labute approximate surface area is 90.2 Å². The number of urea groups is 1. The topological polar surface area (TPSA) is 78.4 Å². The van der Waals surface area contributed by atoms with Gasteiger partial charge in [0.05, 0.1) is 4.90 Å². The fourth-order valence-corrected chi connectivity index (χ4v) is 1.36. The Kier molecular flexibility index (Phi) is 4.26. The highest BCUT2D eigenvalue weighted by Gasteiger charge is 2.00. The van der Waals surface area contributed by atoms with E-state index < -0.39 is 11.1 Å². The van der Waals surface area contributed by atoms with Crippen LogP contribution in [0.25, 0.3) is 0 Å². The van der Waals surface area contributed by atoms with Crippen LogP contribution in [0.5, 0.6) is 0 Å². The first kappa shape index (κ1) is 11.7. The number of carbonyl (C=O) groups excluding carboxylic acids is 1. The Bertz CT molecular complexity index is 364. The fourth-order valence-electron chi connectivity index (χ4n) is 0.994. The molecule has 6 heteroatoms. The molecule has 1 unspecified atom stereocenters. The molecule has 0 spiro atoms. The lowest BCUT2D eigenvalue weighted by molar-refractivity contribution is 0.242. The van der Waals surface area contributed by atoms with E-state index in [1.807, 2.05) is 0 Å². The molecule has 1 rings (SSSR count). The molecule has 0 heterocycles. The van der Waals surface area contributed by atoms with Crippen molar-refractivity contribution in [2.75, 3.05) is 7.05 Å². The van der Waals surface area contributed by atoms with Crippen LogP contribution in [-0.4, -0.2) is 21.8 Å². The third kappa shape index (κ3) is 3.69. The standard InChI is InChI=1S/C9H12N2O3S/c1-10-9(12)11-6-7-2-4-8(5-3-7)15(13)14/h2-5H,6H2,1H3,(H,13,14)(H2,10,11,12). The van der Waals surface area contributed by atoms with Gasteiger partial charge < -0.3 is 15.2 Å². The number of hydrogen-bond acceptors (Lipinski definition) is 2. The SMILES string of the molecule is CNC(=O)NCc1ccc(S(=O)O)cc1. The first-order valence-electron chi connectivity index (χ1n) is 4.29. The van der Waals surface area contributed by atoms with Gasteiger partial charge in [-0.25, -0.2) is 9.00 Å². The summed E-state index contributed by atoms with van der Waals surface area (Å²) >= 11 is -1.95. The summed E-state index contributed by atoms with van der Waals surface area (Å²) in [6.07, 6.45) is 0. The molecule has 0 saturated heterocycles. The number of nitrogens with one attached hydrogen (secondary N) is 2. The zero-order valence-electron chi connectivity index (χ0n) is 8.19. The van der Waals surface area contributed by atoms with Crippen molar-refractivity contribution in [2.24, 2.45) is 0 Å². The van der Waals surface area contributed by atoms with Crippen LogP contribution < -0.4 is 10.6 Å². The summed E-state index contributed by atoms with van der Waals surface area (Å²) in [7, 11) is 1.54. The number of hydrogen-bond donors (Lipinski definition) is 3. The predicted octanol–water partition coefficient (Wildman–Crippen LogP) is 0.696. The maximum atomic E-state index is 10.8. The van der Waals surface area contributed by atoms with Crippen LogP contribution >= 0.6 is 0 Å². The molecule has 2 amide bonds. The molecule has 0 aliphatic carbocycles. The van der Waals surface area contributed by atoms with Gasteiger partial charge in [0.15, 0.2) is 11.1 Å². The first-order valence-corrected chi connectivity index (χ1v) is 5.39. The van der Waals surface area contributed by atoms with E-state index in [2.05, 4.69) is 10.6 Å². The van der Waals surface area contributed by atoms with Crippen molar-refractivity contribution < 1.29 is 13.6 Å². The van der Waals surface area contributed by atoms with Crippen LogP contribution in [0.1, 0.15) is 5.56 Å². The van der Waals surface area contributed by atoms with Crippen molar-refractivity contribution in [3.63, 3.8) is 0 Å². The molecule has 5 nitrogen and oxygen atoms in total. The van der Waals surface area contributed by atoms with Gasteiger partial charge in [0, 0.05) is 13.6 Å². The van der Waals surface area contributed by atoms with Gasteiger partial charge in [-0.05, 0) is 17.7 Å². The Hall–Kier alpha value is -1.40. The minimum atomic E-state index is -1.95. The van der Waals surface area contributed by atoms with E-state index in [-0.39, 0.29) is 6.03 Å². The van der Waals surface area contributed by atoms with Gasteiger partial charge in [0.1, 0.15) is 0 Å². The number of amides is 2. The zero-order valence-corrected chi connectivity index (χ0v) is 9.00. The van der Waals surface area contributed by atoms with Crippen molar-refractivity contribution in [1.29, 1.82) is 0 Å². The van der Waals surface area contributed by atoms with E-state index in [0.717, 1.165) is 5.56 Å². The van der Waals surface area contributed by atoms with Crippen LogP contribution in [0.2, 0.25) is 0 Å². The Balaban J connectivity index is 2.57. The summed E-state index contributed by atoms with van der Waals surface area (Å²) in [5.41, 5.74) is 0.868. The molecule has 82 valence electrons. The molecule has 15 heavy (non-hydrogen) atoms. The first-order chi connectivity index (χ1) is 7.13. The second kappa shape index (κ2) is 5.47. The predicted molar refractivity (Wildman–Crippen MR) is 56.8 cm³/mol. The van der Waals surface area contributed by atoms with Crippen molar-refractivity contribution >= 4 is 17.1 Å². The fraction of sp³-hybridized carbons (Fsp3) is 0.222. The largest absolute Gasteiger partial charge is 0.341 e. The molecule has 1 aromatic carbocycles. The summed E-state index contributed by atoms with van der Waals surface area (Å²) in [6.45, 7) is 0.387. The lowest BCUT2D eigenvalue weighted by Gasteiger charge is -2.04. The number of benzene rings is 1. The maximum absolute atomic E-state index is 10.8. The summed E-state index contributed by atoms with van der Waals surface area (Å²) in [6, 6.07) is 6.23. The Morgan fingerprint density at radius 3 is 2.47 bits per heavy atom. The lowest BCUT2D eigenvalue weighted by Crippen LogP contribution is -2.32. The minimum Gasteiger partial charge on any atom is -0.341 e. The van der Waals surface area contributed by atoms with E-state index in [1.54, 1.807) is 24.3 Å². The zero-order chi connectivity index (χ0) is 11.3. The molecule has 0 radical (unpaired) electrons. The summed E-state index contributed by atoms with van der Waals surface area (Å²) in [5, 5.41) is 5.04. The molecule has 3 N–H and O–H groups in total. The summed E-state index contributed by atoms with van der Waals surface area (Å²) < 4.78 is 19.4. The van der Waals surface area contributed by atoms with E-state index >= 15 is 0 Å². The van der Waals surface area contributed by atoms with Crippen LogP contribution in [0.4, 0.5) is 4.79 Å². The van der Waals surface area contributed by atoms with Gasteiger partial charge >= 0.3 is 6.03 Å². The molecule has 0 saturated carbocycles. The monoisotopic (exact) mass is 228 g/mol. The third-order valence-corrected chi connectivity index (χ3v) is 2.48. The van der Waals surface area contributed by atoms with E-state index in [1.165, 1.54) is 7.05 Å². The number of carbonyl (C=O) groups is 1. The molecular formula is C9H12N2O3S. The van der Waals surface area contributed by atoms with Crippen molar-refractivity contribution in [2.45, 2.75) is 11.4 Å². The number of rotatable bonds is 3. The Morgan fingerprint density at radius 2 is 2.00 bits per heavy atom. The smallest absolute Gasteiger partial charge is 0.314 e. The molecular weight excluding hydrogens is 216 g/mol. The maximum Gasteiger partial charge on any atom is 0.314 e. The van der Waals surface area contributed by atoms with Gasteiger partial charge in [-0.2, -0.15) is 0 Å². The van der Waals surface area contributed by atoms with Crippen molar-refractivity contribution in [1.82, 2.24) is 10.6 Å². The minimum absolute atomic E-state index is 0.259. The van der Waals surface area contributed by atoms with Gasteiger partial charge in [-0.1, -0.05) is 12.1 Å². The summed E-state index contributed by atoms with van der Waals surface area (Å²) in [5.74, 6) is 0. The molecule has 0 aliphatic heterocycles. The molecule has 0 bridgehead atoms. The van der Waals surface area contributed by atoms with Crippen LogP contribution in [0, 0.1) is 0 Å². The molecule has 0 aromatic heterocycles. The highest BCUT2D eigenvalue weighted by atomic mass is 32.2. The Morgan fingerprint density at radius 1 is 1.40 bits per heavy atom. The van der Waals surface area contributed by atoms with Gasteiger partial charge in [0.2, 0.25) is 0 Å². The van der Waals surface area contributed by atoms with E-state index in [9.17, 15) is 9.00 Å².